The van der Waals surface area contributed by atoms with Gasteiger partial charge in [0.05, 0.1) is 11.5 Å². The van der Waals surface area contributed by atoms with Gasteiger partial charge in [0.1, 0.15) is 5.82 Å². The van der Waals surface area contributed by atoms with Crippen LogP contribution in [0.25, 0.3) is 11.1 Å². The van der Waals surface area contributed by atoms with Gasteiger partial charge in [0, 0.05) is 43.7 Å². The first-order valence-electron chi connectivity index (χ1n) is 8.20. The number of aryl methyl sites for hydroxylation is 3. The molecular formula is C18H25N3O3S. The van der Waals surface area contributed by atoms with E-state index in [1.807, 2.05) is 26.8 Å². The average molecular weight is 363 g/mol. The molecule has 0 fully saturated rings. The van der Waals surface area contributed by atoms with Gasteiger partial charge in [0.25, 0.3) is 0 Å². The molecule has 7 heteroatoms. The summed E-state index contributed by atoms with van der Waals surface area (Å²) >= 11 is 0. The normalized spacial score (nSPS) is 11.9. The molecule has 0 saturated heterocycles. The first-order valence-corrected chi connectivity index (χ1v) is 9.64. The van der Waals surface area contributed by atoms with Crippen LogP contribution in [0, 0.1) is 20.8 Å². The number of hydrogen-bond acceptors (Lipinski definition) is 5. The van der Waals surface area contributed by atoms with Gasteiger partial charge in [-0.3, -0.25) is 0 Å². The van der Waals surface area contributed by atoms with Crippen LogP contribution in [-0.2, 0) is 14.8 Å². The Kier molecular flexibility index (Phi) is 6.26. The Morgan fingerprint density at radius 1 is 1.08 bits per heavy atom. The summed E-state index contributed by atoms with van der Waals surface area (Å²) in [5.74, 6) is 0.646. The molecule has 0 aliphatic rings. The minimum Gasteiger partial charge on any atom is -0.383 e. The highest BCUT2D eigenvalue weighted by Gasteiger charge is 2.27. The summed E-state index contributed by atoms with van der Waals surface area (Å²) in [7, 11) is -2.09. The van der Waals surface area contributed by atoms with Gasteiger partial charge in [-0.1, -0.05) is 6.92 Å². The number of rotatable bonds is 7. The summed E-state index contributed by atoms with van der Waals surface area (Å²) in [4.78, 5) is 8.69. The molecule has 1 aromatic carbocycles. The lowest BCUT2D eigenvalue weighted by Gasteiger charge is -2.22. The van der Waals surface area contributed by atoms with E-state index in [0.717, 1.165) is 11.1 Å². The van der Waals surface area contributed by atoms with E-state index in [2.05, 4.69) is 9.97 Å². The fraction of sp³-hybridized carbons (Fsp3) is 0.444. The van der Waals surface area contributed by atoms with Crippen molar-refractivity contribution in [3.63, 3.8) is 0 Å². The maximum Gasteiger partial charge on any atom is 0.243 e. The third kappa shape index (κ3) is 4.23. The van der Waals surface area contributed by atoms with Crippen LogP contribution in [0.2, 0.25) is 0 Å². The van der Waals surface area contributed by atoms with Crippen LogP contribution in [0.15, 0.2) is 29.4 Å². The minimum absolute atomic E-state index is 0.279. The van der Waals surface area contributed by atoms with Crippen LogP contribution in [0.1, 0.15) is 23.9 Å². The third-order valence-corrected chi connectivity index (χ3v) is 6.22. The SMILES string of the molecule is CCN(CCOC)S(=O)(=O)c1cc(C)c(C)cc1-c1cnc(C)nc1. The summed E-state index contributed by atoms with van der Waals surface area (Å²) in [5.41, 5.74) is 3.27. The van der Waals surface area contributed by atoms with Gasteiger partial charge in [0.2, 0.25) is 10.0 Å². The van der Waals surface area contributed by atoms with Crippen molar-refractivity contribution in [1.82, 2.24) is 14.3 Å². The highest BCUT2D eigenvalue weighted by Crippen LogP contribution is 2.31. The van der Waals surface area contributed by atoms with Crippen molar-refractivity contribution in [3.05, 3.63) is 41.5 Å². The highest BCUT2D eigenvalue weighted by atomic mass is 32.2. The van der Waals surface area contributed by atoms with Crippen LogP contribution >= 0.6 is 0 Å². The maximum atomic E-state index is 13.2. The van der Waals surface area contributed by atoms with Crippen molar-refractivity contribution in [2.24, 2.45) is 0 Å². The van der Waals surface area contributed by atoms with Gasteiger partial charge in [-0.25, -0.2) is 18.4 Å². The molecule has 2 rings (SSSR count). The molecule has 136 valence electrons. The van der Waals surface area contributed by atoms with E-state index in [-0.39, 0.29) is 4.90 Å². The molecule has 0 radical (unpaired) electrons. The number of likely N-dealkylation sites (N-methyl/N-ethyl adjacent to an activating group) is 1. The Labute approximate surface area is 149 Å². The topological polar surface area (TPSA) is 72.4 Å². The zero-order chi connectivity index (χ0) is 18.6. The molecule has 6 nitrogen and oxygen atoms in total. The van der Waals surface area contributed by atoms with Crippen molar-refractivity contribution in [3.8, 4) is 11.1 Å². The monoisotopic (exact) mass is 363 g/mol. The number of aromatic nitrogens is 2. The Balaban J connectivity index is 2.63. The molecular weight excluding hydrogens is 338 g/mol. The molecule has 0 amide bonds. The summed E-state index contributed by atoms with van der Waals surface area (Å²) < 4.78 is 32.9. The summed E-state index contributed by atoms with van der Waals surface area (Å²) in [5, 5.41) is 0. The largest absolute Gasteiger partial charge is 0.383 e. The first-order chi connectivity index (χ1) is 11.8. The first kappa shape index (κ1) is 19.5. The van der Waals surface area contributed by atoms with Crippen LogP contribution in [-0.4, -0.2) is 49.5 Å². The van der Waals surface area contributed by atoms with E-state index in [1.165, 1.54) is 4.31 Å². The Bertz CT molecular complexity index is 833. The van der Waals surface area contributed by atoms with E-state index < -0.39 is 10.0 Å². The highest BCUT2D eigenvalue weighted by molar-refractivity contribution is 7.89. The van der Waals surface area contributed by atoms with E-state index in [9.17, 15) is 8.42 Å². The molecule has 2 aromatic rings. The molecule has 1 aromatic heterocycles. The Morgan fingerprint density at radius 2 is 1.68 bits per heavy atom. The van der Waals surface area contributed by atoms with Gasteiger partial charge in [0.15, 0.2) is 0 Å². The van der Waals surface area contributed by atoms with Gasteiger partial charge in [-0.2, -0.15) is 4.31 Å². The molecule has 0 saturated carbocycles. The Morgan fingerprint density at radius 3 is 2.24 bits per heavy atom. The standard InChI is InChI=1S/C18H25N3O3S/c1-6-21(7-8-24-5)25(22,23)18-10-14(3)13(2)9-17(18)16-11-19-15(4)20-12-16/h9-12H,6-8H2,1-5H3. The summed E-state index contributed by atoms with van der Waals surface area (Å²) in [6, 6.07) is 3.62. The predicted octanol–water partition coefficient (Wildman–Crippen LogP) is 2.73. The van der Waals surface area contributed by atoms with Crippen LogP contribution in [0.5, 0.6) is 0 Å². The zero-order valence-electron chi connectivity index (χ0n) is 15.4. The van der Waals surface area contributed by atoms with Crippen molar-refractivity contribution in [1.29, 1.82) is 0 Å². The van der Waals surface area contributed by atoms with Gasteiger partial charge >= 0.3 is 0 Å². The van der Waals surface area contributed by atoms with E-state index in [0.29, 0.717) is 36.6 Å². The molecule has 0 atom stereocenters. The number of ether oxygens (including phenoxy) is 1. The summed E-state index contributed by atoms with van der Waals surface area (Å²) in [6.07, 6.45) is 3.33. The van der Waals surface area contributed by atoms with Crippen molar-refractivity contribution in [2.75, 3.05) is 26.8 Å². The zero-order valence-corrected chi connectivity index (χ0v) is 16.2. The van der Waals surface area contributed by atoms with Crippen molar-refractivity contribution in [2.45, 2.75) is 32.6 Å². The predicted molar refractivity (Wildman–Crippen MR) is 98.0 cm³/mol. The summed E-state index contributed by atoms with van der Waals surface area (Å²) in [6.45, 7) is 8.53. The minimum atomic E-state index is -3.65. The smallest absolute Gasteiger partial charge is 0.243 e. The van der Waals surface area contributed by atoms with Crippen LogP contribution < -0.4 is 0 Å². The maximum absolute atomic E-state index is 13.2. The molecule has 0 aliphatic carbocycles. The lowest BCUT2D eigenvalue weighted by Crippen LogP contribution is -2.34. The molecule has 25 heavy (non-hydrogen) atoms. The molecule has 0 unspecified atom stereocenters. The fourth-order valence-electron chi connectivity index (χ4n) is 2.54. The van der Waals surface area contributed by atoms with Crippen LogP contribution in [0.3, 0.4) is 0 Å². The van der Waals surface area contributed by atoms with E-state index in [1.54, 1.807) is 32.5 Å². The van der Waals surface area contributed by atoms with Crippen LogP contribution in [0.4, 0.5) is 0 Å². The van der Waals surface area contributed by atoms with Crippen molar-refractivity contribution >= 4 is 10.0 Å². The van der Waals surface area contributed by atoms with Gasteiger partial charge < -0.3 is 4.74 Å². The lowest BCUT2D eigenvalue weighted by molar-refractivity contribution is 0.180. The second-order valence-electron chi connectivity index (χ2n) is 5.94. The van der Waals surface area contributed by atoms with E-state index in [4.69, 9.17) is 4.74 Å². The quantitative estimate of drug-likeness (QED) is 0.756. The van der Waals surface area contributed by atoms with E-state index >= 15 is 0 Å². The second-order valence-corrected chi connectivity index (χ2v) is 7.85. The number of methoxy groups -OCH3 is 1. The van der Waals surface area contributed by atoms with Crippen molar-refractivity contribution < 1.29 is 13.2 Å². The molecule has 0 N–H and O–H groups in total. The van der Waals surface area contributed by atoms with Gasteiger partial charge in [-0.15, -0.1) is 0 Å². The third-order valence-electron chi connectivity index (χ3n) is 4.20. The molecule has 0 bridgehead atoms. The fourth-order valence-corrected chi connectivity index (χ4v) is 4.25. The lowest BCUT2D eigenvalue weighted by atomic mass is 10.0. The second kappa shape index (κ2) is 8.03. The molecule has 0 spiro atoms. The molecule has 0 aliphatic heterocycles. The number of benzene rings is 1. The number of sulfonamides is 1. The number of nitrogens with zero attached hydrogens (tertiary/aromatic N) is 3. The number of hydrogen-bond donors (Lipinski definition) is 0. The van der Waals surface area contributed by atoms with Gasteiger partial charge in [-0.05, 0) is 44.0 Å². The average Bonchev–Trinajstić information content (AvgIpc) is 2.58. The molecule has 1 heterocycles. The Hall–Kier alpha value is -1.83.